The lowest BCUT2D eigenvalue weighted by molar-refractivity contribution is -0.140. The van der Waals surface area contributed by atoms with Crippen LogP contribution in [0.2, 0.25) is 5.02 Å². The van der Waals surface area contributed by atoms with Gasteiger partial charge in [-0.25, -0.2) is 0 Å². The molecule has 3 rings (SSSR count). The molecule has 0 bridgehead atoms. The molecule has 3 aromatic carbocycles. The summed E-state index contributed by atoms with van der Waals surface area (Å²) in [5.74, 6) is -0.269. The molecule has 1 N–H and O–H groups in total. The van der Waals surface area contributed by atoms with Gasteiger partial charge in [-0.05, 0) is 43.5 Å². The molecule has 0 spiro atoms. The Labute approximate surface area is 201 Å². The number of hydrogen-bond acceptors (Lipinski definition) is 2. The number of benzene rings is 3. The van der Waals surface area contributed by atoms with Crippen LogP contribution in [0, 0.1) is 13.8 Å². The van der Waals surface area contributed by atoms with E-state index in [-0.39, 0.29) is 24.8 Å². The molecule has 0 saturated carbocycles. The molecule has 0 aliphatic carbocycles. The highest BCUT2D eigenvalue weighted by molar-refractivity contribution is 6.31. The topological polar surface area (TPSA) is 49.4 Å². The zero-order valence-corrected chi connectivity index (χ0v) is 20.2. The number of likely N-dealkylation sites (N-methyl/N-ethyl adjacent to an activating group) is 1. The third kappa shape index (κ3) is 6.93. The molecule has 0 aromatic heterocycles. The molecule has 0 saturated heterocycles. The van der Waals surface area contributed by atoms with Gasteiger partial charge in [0, 0.05) is 24.5 Å². The average molecular weight is 463 g/mol. The number of hydrogen-bond donors (Lipinski definition) is 1. The van der Waals surface area contributed by atoms with Crippen LogP contribution in [-0.4, -0.2) is 29.3 Å². The standard InChI is InChI=1S/C28H31ClN2O2/c1-4-30-28(33)26(17-22-10-6-5-7-11-22)31(19-24-12-8-9-13-25(24)29)27(32)18-23-15-20(2)14-21(3)16-23/h5-16,26H,4,17-19H2,1-3H3,(H,30,33)/t26-/m0/s1. The summed E-state index contributed by atoms with van der Waals surface area (Å²) in [6, 6.07) is 22.7. The minimum atomic E-state index is -0.651. The third-order valence-corrected chi connectivity index (χ3v) is 5.93. The SMILES string of the molecule is CCNC(=O)[C@H](Cc1ccccc1)N(Cc1ccccc1Cl)C(=O)Cc1cc(C)cc(C)c1. The Morgan fingerprint density at radius 1 is 0.909 bits per heavy atom. The predicted molar refractivity (Wildman–Crippen MR) is 134 cm³/mol. The Balaban J connectivity index is 1.98. The Kier molecular flexibility index (Phi) is 8.67. The quantitative estimate of drug-likeness (QED) is 0.470. The molecule has 172 valence electrons. The maximum absolute atomic E-state index is 13.7. The van der Waals surface area contributed by atoms with E-state index < -0.39 is 6.04 Å². The molecule has 0 aliphatic rings. The van der Waals surface area contributed by atoms with Crippen molar-refractivity contribution in [2.45, 2.75) is 46.2 Å². The van der Waals surface area contributed by atoms with Crippen molar-refractivity contribution in [2.24, 2.45) is 0 Å². The fraction of sp³-hybridized carbons (Fsp3) is 0.286. The van der Waals surface area contributed by atoms with Crippen LogP contribution in [0.25, 0.3) is 0 Å². The summed E-state index contributed by atoms with van der Waals surface area (Å²) in [4.78, 5) is 28.6. The highest BCUT2D eigenvalue weighted by Crippen LogP contribution is 2.22. The van der Waals surface area contributed by atoms with Crippen LogP contribution >= 0.6 is 11.6 Å². The maximum Gasteiger partial charge on any atom is 0.243 e. The number of aryl methyl sites for hydroxylation is 2. The Hall–Kier alpha value is -3.11. The van der Waals surface area contributed by atoms with Crippen molar-refractivity contribution >= 4 is 23.4 Å². The van der Waals surface area contributed by atoms with Crippen LogP contribution in [0.15, 0.2) is 72.8 Å². The molecule has 0 fully saturated rings. The zero-order valence-electron chi connectivity index (χ0n) is 19.5. The van der Waals surface area contributed by atoms with Gasteiger partial charge in [0.15, 0.2) is 0 Å². The monoisotopic (exact) mass is 462 g/mol. The highest BCUT2D eigenvalue weighted by Gasteiger charge is 2.30. The van der Waals surface area contributed by atoms with Crippen molar-refractivity contribution in [3.63, 3.8) is 0 Å². The molecule has 2 amide bonds. The van der Waals surface area contributed by atoms with Gasteiger partial charge in [-0.1, -0.05) is 89.5 Å². The van der Waals surface area contributed by atoms with E-state index in [0.717, 1.165) is 27.8 Å². The summed E-state index contributed by atoms with van der Waals surface area (Å²) in [5.41, 5.74) is 4.98. The minimum absolute atomic E-state index is 0.105. The van der Waals surface area contributed by atoms with Gasteiger partial charge in [-0.2, -0.15) is 0 Å². The van der Waals surface area contributed by atoms with E-state index in [1.807, 2.05) is 87.5 Å². The van der Waals surface area contributed by atoms with Crippen LogP contribution in [0.5, 0.6) is 0 Å². The van der Waals surface area contributed by atoms with Gasteiger partial charge in [0.2, 0.25) is 11.8 Å². The van der Waals surface area contributed by atoms with Crippen molar-refractivity contribution in [1.29, 1.82) is 0 Å². The number of carbonyl (C=O) groups excluding carboxylic acids is 2. The van der Waals surface area contributed by atoms with Gasteiger partial charge in [0.1, 0.15) is 6.04 Å². The van der Waals surface area contributed by atoms with Crippen molar-refractivity contribution in [3.05, 3.63) is 106 Å². The molecule has 4 nitrogen and oxygen atoms in total. The minimum Gasteiger partial charge on any atom is -0.355 e. The average Bonchev–Trinajstić information content (AvgIpc) is 2.77. The molecule has 0 unspecified atom stereocenters. The van der Waals surface area contributed by atoms with Crippen molar-refractivity contribution in [3.8, 4) is 0 Å². The number of nitrogens with zero attached hydrogens (tertiary/aromatic N) is 1. The predicted octanol–water partition coefficient (Wildman–Crippen LogP) is 5.28. The summed E-state index contributed by atoms with van der Waals surface area (Å²) in [5, 5.41) is 3.50. The zero-order chi connectivity index (χ0) is 23.8. The van der Waals surface area contributed by atoms with E-state index in [9.17, 15) is 9.59 Å². The molecule has 33 heavy (non-hydrogen) atoms. The molecular weight excluding hydrogens is 432 g/mol. The summed E-state index contributed by atoms with van der Waals surface area (Å²) in [7, 11) is 0. The first-order valence-electron chi connectivity index (χ1n) is 11.3. The normalized spacial score (nSPS) is 11.6. The lowest BCUT2D eigenvalue weighted by Crippen LogP contribution is -2.51. The number of carbonyl (C=O) groups is 2. The summed E-state index contributed by atoms with van der Waals surface area (Å²) in [6.45, 7) is 6.69. The van der Waals surface area contributed by atoms with Gasteiger partial charge in [0.05, 0.1) is 6.42 Å². The molecule has 0 radical (unpaired) electrons. The molecule has 1 atom stereocenters. The van der Waals surface area contributed by atoms with Crippen LogP contribution in [-0.2, 0) is 29.0 Å². The van der Waals surface area contributed by atoms with Crippen molar-refractivity contribution < 1.29 is 9.59 Å². The third-order valence-electron chi connectivity index (χ3n) is 5.56. The van der Waals surface area contributed by atoms with Gasteiger partial charge in [-0.15, -0.1) is 0 Å². The van der Waals surface area contributed by atoms with Gasteiger partial charge >= 0.3 is 0 Å². The maximum atomic E-state index is 13.7. The first-order chi connectivity index (χ1) is 15.9. The molecule has 0 heterocycles. The molecule has 0 aliphatic heterocycles. The summed E-state index contributed by atoms with van der Waals surface area (Å²) in [6.07, 6.45) is 0.646. The lowest BCUT2D eigenvalue weighted by atomic mass is 10.0. The molecular formula is C28H31ClN2O2. The molecule has 3 aromatic rings. The van der Waals surface area contributed by atoms with Gasteiger partial charge in [0.25, 0.3) is 0 Å². The van der Waals surface area contributed by atoms with E-state index in [0.29, 0.717) is 18.0 Å². The Morgan fingerprint density at radius 2 is 1.55 bits per heavy atom. The first-order valence-corrected chi connectivity index (χ1v) is 11.7. The highest BCUT2D eigenvalue weighted by atomic mass is 35.5. The number of halogens is 1. The summed E-state index contributed by atoms with van der Waals surface area (Å²) < 4.78 is 0. The van der Waals surface area contributed by atoms with E-state index >= 15 is 0 Å². The Morgan fingerprint density at radius 3 is 2.18 bits per heavy atom. The van der Waals surface area contributed by atoms with E-state index in [1.165, 1.54) is 0 Å². The lowest BCUT2D eigenvalue weighted by Gasteiger charge is -2.32. The second-order valence-corrected chi connectivity index (χ2v) is 8.79. The van der Waals surface area contributed by atoms with Gasteiger partial charge < -0.3 is 10.2 Å². The number of nitrogens with one attached hydrogen (secondary N) is 1. The Bertz CT molecular complexity index is 1080. The number of amides is 2. The first kappa shape index (κ1) is 24.5. The smallest absolute Gasteiger partial charge is 0.243 e. The van der Waals surface area contributed by atoms with Crippen molar-refractivity contribution in [2.75, 3.05) is 6.54 Å². The van der Waals surface area contributed by atoms with E-state index in [2.05, 4.69) is 11.4 Å². The van der Waals surface area contributed by atoms with Crippen LogP contribution in [0.4, 0.5) is 0 Å². The van der Waals surface area contributed by atoms with Gasteiger partial charge in [-0.3, -0.25) is 9.59 Å². The number of rotatable bonds is 9. The second-order valence-electron chi connectivity index (χ2n) is 8.39. The van der Waals surface area contributed by atoms with Crippen molar-refractivity contribution in [1.82, 2.24) is 10.2 Å². The van der Waals surface area contributed by atoms with E-state index in [4.69, 9.17) is 11.6 Å². The summed E-state index contributed by atoms with van der Waals surface area (Å²) >= 11 is 6.44. The van der Waals surface area contributed by atoms with Crippen LogP contribution in [0.3, 0.4) is 0 Å². The van der Waals surface area contributed by atoms with Crippen LogP contribution in [0.1, 0.15) is 34.7 Å². The van der Waals surface area contributed by atoms with E-state index in [1.54, 1.807) is 4.90 Å². The fourth-order valence-electron chi connectivity index (χ4n) is 4.10. The largest absolute Gasteiger partial charge is 0.355 e. The molecule has 5 heteroatoms. The second kappa shape index (κ2) is 11.7. The van der Waals surface area contributed by atoms with Crippen LogP contribution < -0.4 is 5.32 Å². The fourth-order valence-corrected chi connectivity index (χ4v) is 4.30.